The van der Waals surface area contributed by atoms with E-state index in [1.165, 1.54) is 0 Å². The van der Waals surface area contributed by atoms with Gasteiger partial charge in [-0.3, -0.25) is 4.79 Å². The van der Waals surface area contributed by atoms with Gasteiger partial charge in [-0.15, -0.1) is 0 Å². The summed E-state index contributed by atoms with van der Waals surface area (Å²) in [7, 11) is 0. The van der Waals surface area contributed by atoms with Crippen molar-refractivity contribution >= 4 is 5.97 Å². The van der Waals surface area contributed by atoms with Gasteiger partial charge in [0.05, 0.1) is 11.4 Å². The summed E-state index contributed by atoms with van der Waals surface area (Å²) < 4.78 is 1.76. The second kappa shape index (κ2) is 4.23. The zero-order valence-electron chi connectivity index (χ0n) is 10.8. The Balaban J connectivity index is 1.98. The molecule has 0 atom stereocenters. The fraction of sp³-hybridized carbons (Fsp3) is 0.333. The van der Waals surface area contributed by atoms with Crippen LogP contribution in [0.3, 0.4) is 0 Å². The van der Waals surface area contributed by atoms with Crippen LogP contribution in [0.2, 0.25) is 0 Å². The molecule has 1 heterocycles. The van der Waals surface area contributed by atoms with Crippen LogP contribution < -0.4 is 0 Å². The van der Waals surface area contributed by atoms with Gasteiger partial charge < -0.3 is 5.11 Å². The first-order chi connectivity index (χ1) is 9.12. The van der Waals surface area contributed by atoms with Gasteiger partial charge >= 0.3 is 5.97 Å². The Labute approximate surface area is 111 Å². The predicted octanol–water partition coefficient (Wildman–Crippen LogP) is 2.69. The molecule has 0 unspecified atom stereocenters. The van der Waals surface area contributed by atoms with E-state index < -0.39 is 11.4 Å². The first kappa shape index (κ1) is 12.0. The van der Waals surface area contributed by atoms with Crippen molar-refractivity contribution in [3.05, 3.63) is 47.8 Å². The molecule has 0 bridgehead atoms. The fourth-order valence-corrected chi connectivity index (χ4v) is 2.60. The molecule has 0 radical (unpaired) electrons. The van der Waals surface area contributed by atoms with Gasteiger partial charge in [0.1, 0.15) is 5.41 Å². The maximum atomic E-state index is 11.5. The highest BCUT2D eigenvalue weighted by atomic mass is 16.4. The van der Waals surface area contributed by atoms with E-state index in [0.29, 0.717) is 18.5 Å². The second-order valence-electron chi connectivity index (χ2n) is 5.23. The van der Waals surface area contributed by atoms with E-state index in [9.17, 15) is 9.90 Å². The molecule has 1 saturated carbocycles. The Hall–Kier alpha value is -2.10. The quantitative estimate of drug-likeness (QED) is 0.918. The maximum absolute atomic E-state index is 11.5. The van der Waals surface area contributed by atoms with E-state index in [2.05, 4.69) is 5.10 Å². The van der Waals surface area contributed by atoms with Gasteiger partial charge in [0, 0.05) is 6.20 Å². The minimum atomic E-state index is -0.756. The Morgan fingerprint density at radius 2 is 2.16 bits per heavy atom. The van der Waals surface area contributed by atoms with Gasteiger partial charge in [-0.25, -0.2) is 4.68 Å². The number of rotatable bonds is 3. The number of benzene rings is 1. The summed E-state index contributed by atoms with van der Waals surface area (Å²) in [5.41, 5.74) is 2.04. The lowest BCUT2D eigenvalue weighted by atomic mass is 9.67. The number of carbonyl (C=O) groups is 1. The van der Waals surface area contributed by atoms with Crippen molar-refractivity contribution in [2.75, 3.05) is 0 Å². The van der Waals surface area contributed by atoms with E-state index in [4.69, 9.17) is 0 Å². The van der Waals surface area contributed by atoms with Gasteiger partial charge in [-0.05, 0) is 43.5 Å². The molecule has 98 valence electrons. The molecule has 1 aliphatic rings. The molecule has 19 heavy (non-hydrogen) atoms. The first-order valence-electron chi connectivity index (χ1n) is 6.48. The minimum absolute atomic E-state index is 0.674. The maximum Gasteiger partial charge on any atom is 0.315 e. The Kier molecular flexibility index (Phi) is 2.66. The highest BCUT2D eigenvalue weighted by molar-refractivity contribution is 5.81. The van der Waals surface area contributed by atoms with E-state index >= 15 is 0 Å². The van der Waals surface area contributed by atoms with Gasteiger partial charge in [0.2, 0.25) is 0 Å². The Morgan fingerprint density at radius 3 is 2.74 bits per heavy atom. The van der Waals surface area contributed by atoms with Crippen molar-refractivity contribution < 1.29 is 9.90 Å². The predicted molar refractivity (Wildman–Crippen MR) is 71.5 cm³/mol. The number of nitrogens with zero attached hydrogens (tertiary/aromatic N) is 2. The van der Waals surface area contributed by atoms with Crippen LogP contribution in [-0.2, 0) is 10.2 Å². The summed E-state index contributed by atoms with van der Waals surface area (Å²) in [4.78, 5) is 11.5. The molecule has 3 rings (SSSR count). The van der Waals surface area contributed by atoms with Crippen LogP contribution >= 0.6 is 0 Å². The molecule has 4 nitrogen and oxygen atoms in total. The average molecular weight is 256 g/mol. The van der Waals surface area contributed by atoms with Crippen molar-refractivity contribution in [1.29, 1.82) is 0 Å². The summed E-state index contributed by atoms with van der Waals surface area (Å²) in [6.45, 7) is 2.03. The molecular formula is C15H16N2O2. The van der Waals surface area contributed by atoms with E-state index in [1.807, 2.05) is 43.5 Å². The van der Waals surface area contributed by atoms with Gasteiger partial charge in [0.15, 0.2) is 0 Å². The third-order valence-electron chi connectivity index (χ3n) is 3.96. The minimum Gasteiger partial charge on any atom is -0.481 e. The molecule has 0 amide bonds. The van der Waals surface area contributed by atoms with E-state index in [0.717, 1.165) is 17.7 Å². The van der Waals surface area contributed by atoms with Gasteiger partial charge in [0.25, 0.3) is 0 Å². The molecule has 0 saturated heterocycles. The van der Waals surface area contributed by atoms with Crippen LogP contribution in [0.1, 0.15) is 30.5 Å². The highest BCUT2D eigenvalue weighted by Gasteiger charge is 2.47. The number of carboxylic acid groups (broad SMARTS) is 1. The summed E-state index contributed by atoms with van der Waals surface area (Å²) in [6.07, 6.45) is 4.18. The molecule has 4 heteroatoms. The first-order valence-corrected chi connectivity index (χ1v) is 6.48. The molecule has 0 spiro atoms. The number of hydrogen-bond donors (Lipinski definition) is 1. The Bertz CT molecular complexity index is 627. The third kappa shape index (κ3) is 1.84. The molecule has 1 N–H and O–H groups in total. The average Bonchev–Trinajstić information content (AvgIpc) is 2.76. The normalized spacial score (nSPS) is 16.9. The van der Waals surface area contributed by atoms with Crippen LogP contribution in [0.15, 0.2) is 36.5 Å². The SMILES string of the molecule is Cc1cccc(-n2ccc(C3(C(=O)O)CCC3)n2)c1. The van der Waals surface area contributed by atoms with Crippen molar-refractivity contribution in [2.45, 2.75) is 31.6 Å². The molecule has 0 aliphatic heterocycles. The van der Waals surface area contributed by atoms with Crippen LogP contribution in [0.25, 0.3) is 5.69 Å². The molecule has 1 aromatic carbocycles. The lowest BCUT2D eigenvalue weighted by molar-refractivity contribution is -0.147. The summed E-state index contributed by atoms with van der Waals surface area (Å²) in [5.74, 6) is -0.756. The zero-order chi connectivity index (χ0) is 13.5. The molecule has 1 aliphatic carbocycles. The number of aliphatic carboxylic acids is 1. The summed E-state index contributed by atoms with van der Waals surface area (Å²) in [5, 5.41) is 13.9. The second-order valence-corrected chi connectivity index (χ2v) is 5.23. The smallest absolute Gasteiger partial charge is 0.315 e. The van der Waals surface area contributed by atoms with Gasteiger partial charge in [-0.2, -0.15) is 5.10 Å². The number of aromatic nitrogens is 2. The van der Waals surface area contributed by atoms with Crippen molar-refractivity contribution in [2.24, 2.45) is 0 Å². The molecule has 2 aromatic rings. The number of aryl methyl sites for hydroxylation is 1. The Morgan fingerprint density at radius 1 is 1.37 bits per heavy atom. The lowest BCUT2D eigenvalue weighted by Crippen LogP contribution is -2.42. The largest absolute Gasteiger partial charge is 0.481 e. The molecular weight excluding hydrogens is 240 g/mol. The monoisotopic (exact) mass is 256 g/mol. The van der Waals surface area contributed by atoms with E-state index in [-0.39, 0.29) is 0 Å². The highest BCUT2D eigenvalue weighted by Crippen LogP contribution is 2.43. The molecule has 1 aromatic heterocycles. The topological polar surface area (TPSA) is 55.1 Å². The number of hydrogen-bond acceptors (Lipinski definition) is 2. The van der Waals surface area contributed by atoms with Crippen LogP contribution in [0, 0.1) is 6.92 Å². The summed E-state index contributed by atoms with van der Waals surface area (Å²) in [6, 6.07) is 9.83. The van der Waals surface area contributed by atoms with Crippen molar-refractivity contribution in [3.8, 4) is 5.69 Å². The zero-order valence-corrected chi connectivity index (χ0v) is 10.8. The van der Waals surface area contributed by atoms with E-state index in [1.54, 1.807) is 4.68 Å². The van der Waals surface area contributed by atoms with Crippen LogP contribution in [-0.4, -0.2) is 20.9 Å². The van der Waals surface area contributed by atoms with Crippen LogP contribution in [0.5, 0.6) is 0 Å². The summed E-state index contributed by atoms with van der Waals surface area (Å²) >= 11 is 0. The number of carboxylic acids is 1. The third-order valence-corrected chi connectivity index (χ3v) is 3.96. The van der Waals surface area contributed by atoms with Gasteiger partial charge in [-0.1, -0.05) is 18.6 Å². The standard InChI is InChI=1S/C15H16N2O2/c1-11-4-2-5-12(10-11)17-9-6-13(16-17)15(14(18)19)7-3-8-15/h2,4-6,9-10H,3,7-8H2,1H3,(H,18,19). The van der Waals surface area contributed by atoms with Crippen LogP contribution in [0.4, 0.5) is 0 Å². The fourth-order valence-electron chi connectivity index (χ4n) is 2.60. The van der Waals surface area contributed by atoms with Crippen molar-refractivity contribution in [3.63, 3.8) is 0 Å². The van der Waals surface area contributed by atoms with Crippen molar-refractivity contribution in [1.82, 2.24) is 9.78 Å². The lowest BCUT2D eigenvalue weighted by Gasteiger charge is -2.35. The molecule has 1 fully saturated rings.